The molecule has 36 heavy (non-hydrogen) atoms. The first kappa shape index (κ1) is 34.7. The van der Waals surface area contributed by atoms with E-state index in [1.165, 1.54) is 109 Å². The minimum absolute atomic E-state index is 0.0982. The lowest BCUT2D eigenvalue weighted by Crippen LogP contribution is -2.18. The van der Waals surface area contributed by atoms with Crippen molar-refractivity contribution in [2.24, 2.45) is 0 Å². The second-order valence-electron chi connectivity index (χ2n) is 10.6. The van der Waals surface area contributed by atoms with Crippen LogP contribution in [0.4, 0.5) is 0 Å². The molecule has 0 rings (SSSR count). The fourth-order valence-electron chi connectivity index (χ4n) is 4.66. The van der Waals surface area contributed by atoms with Gasteiger partial charge in [-0.05, 0) is 57.8 Å². The molecule has 0 aromatic heterocycles. The minimum Gasteiger partial charge on any atom is -0.481 e. The first-order valence-corrected chi connectivity index (χ1v) is 15.7. The Morgan fingerprint density at radius 2 is 1.03 bits per heavy atom. The predicted octanol–water partition coefficient (Wildman–Crippen LogP) is 10.3. The topological polar surface area (TPSA) is 63.6 Å². The number of allylic oxidation sites excluding steroid dienone is 2. The summed E-state index contributed by atoms with van der Waals surface area (Å²) in [7, 11) is 0. The Hall–Kier alpha value is -1.32. The van der Waals surface area contributed by atoms with Crippen molar-refractivity contribution >= 4 is 11.9 Å². The van der Waals surface area contributed by atoms with Crippen LogP contribution in [0.1, 0.15) is 174 Å². The highest BCUT2D eigenvalue weighted by Gasteiger charge is 2.15. The van der Waals surface area contributed by atoms with Gasteiger partial charge in [-0.15, -0.1) is 0 Å². The van der Waals surface area contributed by atoms with Crippen LogP contribution in [-0.4, -0.2) is 23.1 Å². The molecule has 0 radical (unpaired) electrons. The van der Waals surface area contributed by atoms with E-state index in [-0.39, 0.29) is 18.5 Å². The molecule has 212 valence electrons. The maximum absolute atomic E-state index is 12.4. The zero-order chi connectivity index (χ0) is 26.5. The van der Waals surface area contributed by atoms with E-state index >= 15 is 0 Å². The summed E-state index contributed by atoms with van der Waals surface area (Å²) in [5.74, 6) is -0.871. The van der Waals surface area contributed by atoms with Crippen molar-refractivity contribution in [1.82, 2.24) is 0 Å². The second-order valence-corrected chi connectivity index (χ2v) is 10.6. The van der Waals surface area contributed by atoms with Gasteiger partial charge in [-0.25, -0.2) is 0 Å². The van der Waals surface area contributed by atoms with Gasteiger partial charge in [-0.1, -0.05) is 116 Å². The van der Waals surface area contributed by atoms with Gasteiger partial charge >= 0.3 is 11.9 Å². The molecule has 0 amide bonds. The monoisotopic (exact) mass is 508 g/mol. The molecule has 1 unspecified atom stereocenters. The van der Waals surface area contributed by atoms with Crippen molar-refractivity contribution in [3.8, 4) is 0 Å². The van der Waals surface area contributed by atoms with Crippen molar-refractivity contribution in [3.05, 3.63) is 12.2 Å². The molecule has 0 aliphatic rings. The number of esters is 1. The van der Waals surface area contributed by atoms with Crippen LogP contribution in [0, 0.1) is 0 Å². The Morgan fingerprint density at radius 1 is 0.583 bits per heavy atom. The van der Waals surface area contributed by atoms with Crippen LogP contribution < -0.4 is 0 Å². The third-order valence-corrected chi connectivity index (χ3v) is 6.99. The molecular weight excluding hydrogens is 448 g/mol. The number of carboxylic acid groups (broad SMARTS) is 1. The summed E-state index contributed by atoms with van der Waals surface area (Å²) in [5.41, 5.74) is 0. The van der Waals surface area contributed by atoms with E-state index < -0.39 is 5.97 Å². The van der Waals surface area contributed by atoms with Crippen molar-refractivity contribution < 1.29 is 19.4 Å². The Morgan fingerprint density at radius 3 is 1.58 bits per heavy atom. The zero-order valence-corrected chi connectivity index (χ0v) is 24.1. The van der Waals surface area contributed by atoms with Gasteiger partial charge in [0.25, 0.3) is 0 Å². The van der Waals surface area contributed by atoms with Crippen LogP contribution in [0.5, 0.6) is 0 Å². The fourth-order valence-corrected chi connectivity index (χ4v) is 4.66. The summed E-state index contributed by atoms with van der Waals surface area (Å²) < 4.78 is 5.77. The van der Waals surface area contributed by atoms with Crippen LogP contribution in [0.15, 0.2) is 12.2 Å². The number of unbranched alkanes of at least 4 members (excludes halogenated alkanes) is 17. The molecule has 0 fully saturated rings. The highest BCUT2D eigenvalue weighted by molar-refractivity contribution is 5.69. The lowest BCUT2D eigenvalue weighted by Gasteiger charge is -2.18. The van der Waals surface area contributed by atoms with E-state index in [9.17, 15) is 9.59 Å². The maximum Gasteiger partial charge on any atom is 0.306 e. The van der Waals surface area contributed by atoms with Crippen molar-refractivity contribution in [3.63, 3.8) is 0 Å². The van der Waals surface area contributed by atoms with Crippen LogP contribution >= 0.6 is 0 Å². The molecule has 0 saturated heterocycles. The molecule has 0 spiro atoms. The van der Waals surface area contributed by atoms with Gasteiger partial charge in [0, 0.05) is 12.8 Å². The lowest BCUT2D eigenvalue weighted by molar-refractivity contribution is -0.150. The predicted molar refractivity (Wildman–Crippen MR) is 153 cm³/mol. The molecule has 1 N–H and O–H groups in total. The van der Waals surface area contributed by atoms with Gasteiger partial charge < -0.3 is 9.84 Å². The number of hydrogen-bond acceptors (Lipinski definition) is 3. The number of rotatable bonds is 28. The molecule has 0 bridgehead atoms. The van der Waals surface area contributed by atoms with Crippen molar-refractivity contribution in [1.29, 1.82) is 0 Å². The van der Waals surface area contributed by atoms with E-state index in [1.807, 2.05) is 0 Å². The molecule has 0 aliphatic carbocycles. The summed E-state index contributed by atoms with van der Waals surface area (Å²) in [4.78, 5) is 23.2. The fraction of sp³-hybridized carbons (Fsp3) is 0.875. The van der Waals surface area contributed by atoms with Gasteiger partial charge in [-0.3, -0.25) is 9.59 Å². The highest BCUT2D eigenvalue weighted by atomic mass is 16.5. The van der Waals surface area contributed by atoms with Crippen LogP contribution in [-0.2, 0) is 14.3 Å². The first-order chi connectivity index (χ1) is 17.6. The van der Waals surface area contributed by atoms with E-state index in [1.54, 1.807) is 0 Å². The minimum atomic E-state index is -0.773. The Bertz CT molecular complexity index is 514. The summed E-state index contributed by atoms with van der Waals surface area (Å²) in [6, 6.07) is 0. The summed E-state index contributed by atoms with van der Waals surface area (Å²) in [6.07, 6.45) is 32.1. The van der Waals surface area contributed by atoms with Crippen LogP contribution in [0.2, 0.25) is 0 Å². The second kappa shape index (κ2) is 28.3. The van der Waals surface area contributed by atoms with E-state index in [2.05, 4.69) is 26.0 Å². The van der Waals surface area contributed by atoms with Crippen molar-refractivity contribution in [2.45, 2.75) is 180 Å². The molecule has 0 heterocycles. The molecule has 0 aromatic rings. The van der Waals surface area contributed by atoms with Gasteiger partial charge in [0.05, 0.1) is 0 Å². The number of carboxylic acids is 1. The molecule has 0 aliphatic heterocycles. The molecule has 4 nitrogen and oxygen atoms in total. The quantitative estimate of drug-likeness (QED) is 0.0648. The standard InChI is InChI=1S/C32H60O4/c1-3-5-7-9-11-13-14-15-16-17-18-20-22-24-29-32(35)36-30(27-25-28-31(33)34)26-23-21-19-12-10-8-6-4-2/h13-14,30H,3-12,15-29H2,1-2H3,(H,33,34)/b14-13-. The lowest BCUT2D eigenvalue weighted by atomic mass is 10.0. The van der Waals surface area contributed by atoms with Crippen LogP contribution in [0.25, 0.3) is 0 Å². The van der Waals surface area contributed by atoms with E-state index in [0.29, 0.717) is 19.3 Å². The molecule has 1 atom stereocenters. The molecule has 4 heteroatoms. The summed E-state index contributed by atoms with van der Waals surface area (Å²) in [6.45, 7) is 4.49. The summed E-state index contributed by atoms with van der Waals surface area (Å²) >= 11 is 0. The Balaban J connectivity index is 3.84. The third kappa shape index (κ3) is 27.3. The van der Waals surface area contributed by atoms with Gasteiger partial charge in [0.1, 0.15) is 6.10 Å². The number of carbonyl (C=O) groups is 2. The van der Waals surface area contributed by atoms with Crippen molar-refractivity contribution in [2.75, 3.05) is 0 Å². The van der Waals surface area contributed by atoms with E-state index in [4.69, 9.17) is 9.84 Å². The normalized spacial score (nSPS) is 12.3. The average molecular weight is 509 g/mol. The highest BCUT2D eigenvalue weighted by Crippen LogP contribution is 2.17. The largest absolute Gasteiger partial charge is 0.481 e. The number of ether oxygens (including phenoxy) is 1. The molecule has 0 aromatic carbocycles. The van der Waals surface area contributed by atoms with Crippen LogP contribution in [0.3, 0.4) is 0 Å². The van der Waals surface area contributed by atoms with Gasteiger partial charge in [0.2, 0.25) is 0 Å². The zero-order valence-electron chi connectivity index (χ0n) is 24.1. The number of hydrogen-bond donors (Lipinski definition) is 1. The molecule has 0 saturated carbocycles. The Labute approximate surface area is 224 Å². The van der Waals surface area contributed by atoms with Gasteiger partial charge in [0.15, 0.2) is 0 Å². The van der Waals surface area contributed by atoms with E-state index in [0.717, 1.165) is 25.7 Å². The molecular formula is C32H60O4. The smallest absolute Gasteiger partial charge is 0.306 e. The Kier molecular flexibility index (Phi) is 27.2. The first-order valence-electron chi connectivity index (χ1n) is 15.7. The number of aliphatic carboxylic acids is 1. The third-order valence-electron chi connectivity index (χ3n) is 6.99. The number of carbonyl (C=O) groups excluding carboxylic acids is 1. The average Bonchev–Trinajstić information content (AvgIpc) is 2.85. The summed E-state index contributed by atoms with van der Waals surface area (Å²) in [5, 5.41) is 8.93. The maximum atomic E-state index is 12.4. The SMILES string of the molecule is CCCCCC/C=C\CCCCCCCCC(=O)OC(CCCCCCCCCC)CCCC(=O)O. The van der Waals surface area contributed by atoms with Gasteiger partial charge in [-0.2, -0.15) is 0 Å².